The van der Waals surface area contributed by atoms with Crippen LogP contribution in [-0.2, 0) is 19.5 Å². The summed E-state index contributed by atoms with van der Waals surface area (Å²) in [7, 11) is 0. The van der Waals surface area contributed by atoms with Crippen molar-refractivity contribution >= 4 is 28.3 Å². The van der Waals surface area contributed by atoms with Gasteiger partial charge in [-0.1, -0.05) is 57.1 Å². The van der Waals surface area contributed by atoms with E-state index >= 15 is 0 Å². The fourth-order valence-corrected chi connectivity index (χ4v) is 1.80. The van der Waals surface area contributed by atoms with Gasteiger partial charge in [0, 0.05) is 25.2 Å². The van der Waals surface area contributed by atoms with Crippen molar-refractivity contribution in [3.63, 3.8) is 0 Å². The summed E-state index contributed by atoms with van der Waals surface area (Å²) in [4.78, 5) is 0. The van der Waals surface area contributed by atoms with Gasteiger partial charge in [-0.25, -0.2) is 0 Å². The number of unbranched alkanes of at least 4 members (excludes halogenated alkanes) is 2. The zero-order chi connectivity index (χ0) is 9.40. The SMILES string of the molecule is CC(C)CCCCCSC(N)=S.[Zn]. The Labute approximate surface area is 104 Å². The Morgan fingerprint density at radius 1 is 1.31 bits per heavy atom. The minimum Gasteiger partial charge on any atom is -0.385 e. The first-order valence-corrected chi connectivity index (χ1v) is 5.94. The molecule has 0 aromatic heterocycles. The first-order chi connectivity index (χ1) is 5.63. The van der Waals surface area contributed by atoms with Crippen molar-refractivity contribution in [1.82, 2.24) is 0 Å². The molecule has 0 heterocycles. The molecule has 0 amide bonds. The summed E-state index contributed by atoms with van der Waals surface area (Å²) >= 11 is 6.36. The molecule has 0 aromatic carbocycles. The molecule has 1 nitrogen and oxygen atoms in total. The van der Waals surface area contributed by atoms with E-state index in [1.54, 1.807) is 11.8 Å². The van der Waals surface area contributed by atoms with Crippen LogP contribution in [0.1, 0.15) is 39.5 Å². The van der Waals surface area contributed by atoms with Crippen LogP contribution in [0.15, 0.2) is 0 Å². The van der Waals surface area contributed by atoms with Gasteiger partial charge in [-0.05, 0) is 12.3 Å². The summed E-state index contributed by atoms with van der Waals surface area (Å²) in [5.41, 5.74) is 5.35. The van der Waals surface area contributed by atoms with E-state index in [2.05, 4.69) is 13.8 Å². The molecule has 0 aliphatic heterocycles. The topological polar surface area (TPSA) is 26.0 Å². The number of hydrogen-bond acceptors (Lipinski definition) is 2. The van der Waals surface area contributed by atoms with Crippen LogP contribution < -0.4 is 5.73 Å². The number of thioether (sulfide) groups is 1. The van der Waals surface area contributed by atoms with E-state index in [0.29, 0.717) is 4.32 Å². The Kier molecular flexibility index (Phi) is 13.7. The summed E-state index contributed by atoms with van der Waals surface area (Å²) in [6.45, 7) is 4.54. The molecule has 0 rings (SSSR count). The maximum Gasteiger partial charge on any atom is 0.131 e. The Bertz CT molecular complexity index is 129. The van der Waals surface area contributed by atoms with Gasteiger partial charge in [0.2, 0.25) is 0 Å². The second kappa shape index (κ2) is 10.9. The minimum atomic E-state index is 0. The van der Waals surface area contributed by atoms with Gasteiger partial charge in [0.15, 0.2) is 0 Å². The van der Waals surface area contributed by atoms with Gasteiger partial charge in [0.25, 0.3) is 0 Å². The third-order valence-corrected chi connectivity index (χ3v) is 2.80. The number of nitrogens with two attached hydrogens (primary N) is 1. The van der Waals surface area contributed by atoms with Gasteiger partial charge >= 0.3 is 0 Å². The van der Waals surface area contributed by atoms with E-state index in [9.17, 15) is 0 Å². The normalized spacial score (nSPS) is 9.77. The van der Waals surface area contributed by atoms with Crippen LogP contribution in [0, 0.1) is 5.92 Å². The molecule has 4 heteroatoms. The molecule has 0 aliphatic carbocycles. The van der Waals surface area contributed by atoms with Crippen molar-refractivity contribution in [3.8, 4) is 0 Å². The van der Waals surface area contributed by atoms with E-state index in [1.807, 2.05) is 0 Å². The van der Waals surface area contributed by atoms with E-state index in [1.165, 1.54) is 25.7 Å². The predicted octanol–water partition coefficient (Wildman–Crippen LogP) is 3.18. The third kappa shape index (κ3) is 15.6. The maximum atomic E-state index is 5.35. The van der Waals surface area contributed by atoms with Gasteiger partial charge in [-0.3, -0.25) is 0 Å². The average Bonchev–Trinajstić information content (AvgIpc) is 1.95. The van der Waals surface area contributed by atoms with Crippen LogP contribution in [0.3, 0.4) is 0 Å². The Morgan fingerprint density at radius 3 is 2.38 bits per heavy atom. The molecule has 0 atom stereocenters. The second-order valence-electron chi connectivity index (χ2n) is 3.41. The average molecular weight is 271 g/mol. The molecule has 0 aliphatic rings. The molecule has 13 heavy (non-hydrogen) atoms. The van der Waals surface area contributed by atoms with E-state index in [4.69, 9.17) is 18.0 Å². The summed E-state index contributed by atoms with van der Waals surface area (Å²) in [6, 6.07) is 0. The zero-order valence-corrected chi connectivity index (χ0v) is 13.3. The van der Waals surface area contributed by atoms with E-state index < -0.39 is 0 Å². The quantitative estimate of drug-likeness (QED) is 0.456. The monoisotopic (exact) mass is 269 g/mol. The summed E-state index contributed by atoms with van der Waals surface area (Å²) in [5.74, 6) is 1.93. The van der Waals surface area contributed by atoms with Crippen LogP contribution >= 0.6 is 24.0 Å². The van der Waals surface area contributed by atoms with Crippen LogP contribution in [0.4, 0.5) is 0 Å². The van der Waals surface area contributed by atoms with Crippen LogP contribution in [0.5, 0.6) is 0 Å². The van der Waals surface area contributed by atoms with Gasteiger partial charge in [0.1, 0.15) is 4.32 Å². The molecule has 2 N–H and O–H groups in total. The van der Waals surface area contributed by atoms with E-state index in [0.717, 1.165) is 11.7 Å². The molecule has 0 fully saturated rings. The Balaban J connectivity index is 0. The molecule has 0 spiro atoms. The zero-order valence-electron chi connectivity index (χ0n) is 8.71. The second-order valence-corrected chi connectivity index (χ2v) is 5.25. The summed E-state index contributed by atoms with van der Waals surface area (Å²) in [5, 5.41) is 0. The number of hydrogen-bond donors (Lipinski definition) is 1. The van der Waals surface area contributed by atoms with Crippen molar-refractivity contribution < 1.29 is 19.5 Å². The molecule has 74 valence electrons. The molecule has 0 saturated carbocycles. The Morgan fingerprint density at radius 2 is 1.92 bits per heavy atom. The fraction of sp³-hybridized carbons (Fsp3) is 0.889. The van der Waals surface area contributed by atoms with Crippen molar-refractivity contribution in [2.45, 2.75) is 39.5 Å². The minimum absolute atomic E-state index is 0. The molecule has 0 saturated heterocycles. The summed E-state index contributed by atoms with van der Waals surface area (Å²) < 4.78 is 0.582. The molecular formula is C9H19NS2Zn. The largest absolute Gasteiger partial charge is 0.385 e. The standard InChI is InChI=1S/C9H19NS2.Zn/c1-8(2)6-4-3-5-7-12-9(10)11;/h8H,3-7H2,1-2H3,(H2,10,11);. The van der Waals surface area contributed by atoms with Crippen LogP contribution in [0.2, 0.25) is 0 Å². The first kappa shape index (κ1) is 16.3. The fourth-order valence-electron chi connectivity index (χ4n) is 1.00. The van der Waals surface area contributed by atoms with Gasteiger partial charge < -0.3 is 5.73 Å². The maximum absolute atomic E-state index is 5.35. The summed E-state index contributed by atoms with van der Waals surface area (Å²) in [6.07, 6.45) is 5.25. The Hall–Kier alpha value is 0.863. The van der Waals surface area contributed by atoms with Gasteiger partial charge in [0.05, 0.1) is 0 Å². The van der Waals surface area contributed by atoms with Gasteiger partial charge in [-0.2, -0.15) is 0 Å². The van der Waals surface area contributed by atoms with Crippen molar-refractivity contribution in [2.24, 2.45) is 11.7 Å². The number of thiocarbonyl (C=S) groups is 1. The van der Waals surface area contributed by atoms with Crippen molar-refractivity contribution in [2.75, 3.05) is 5.75 Å². The molecular weight excluding hydrogens is 252 g/mol. The molecule has 0 radical (unpaired) electrons. The number of rotatable bonds is 6. The smallest absolute Gasteiger partial charge is 0.131 e. The van der Waals surface area contributed by atoms with Gasteiger partial charge in [-0.15, -0.1) is 0 Å². The van der Waals surface area contributed by atoms with Crippen LogP contribution in [0.25, 0.3) is 0 Å². The van der Waals surface area contributed by atoms with Crippen molar-refractivity contribution in [1.29, 1.82) is 0 Å². The molecule has 0 bridgehead atoms. The molecule has 0 unspecified atom stereocenters. The van der Waals surface area contributed by atoms with Crippen molar-refractivity contribution in [3.05, 3.63) is 0 Å². The van der Waals surface area contributed by atoms with E-state index in [-0.39, 0.29) is 19.5 Å². The molecule has 0 aromatic rings. The predicted molar refractivity (Wildman–Crippen MR) is 62.5 cm³/mol. The first-order valence-electron chi connectivity index (χ1n) is 4.55. The third-order valence-electron chi connectivity index (χ3n) is 1.67. The van der Waals surface area contributed by atoms with Crippen LogP contribution in [-0.4, -0.2) is 10.1 Å².